The molecule has 1 rings (SSSR count). The van der Waals surface area contributed by atoms with E-state index >= 15 is 0 Å². The molecule has 1 amide bonds. The number of amides is 1. The zero-order valence-electron chi connectivity index (χ0n) is 10.3. The van der Waals surface area contributed by atoms with E-state index in [9.17, 15) is 9.59 Å². The van der Waals surface area contributed by atoms with Crippen molar-refractivity contribution in [3.8, 4) is 0 Å². The second-order valence-corrected chi connectivity index (χ2v) is 4.64. The topological polar surface area (TPSA) is 46.6 Å². The van der Waals surface area contributed by atoms with Gasteiger partial charge in [-0.2, -0.15) is 0 Å². The van der Waals surface area contributed by atoms with Crippen molar-refractivity contribution in [2.75, 3.05) is 13.7 Å². The average Bonchev–Trinajstić information content (AvgIpc) is 2.42. The summed E-state index contributed by atoms with van der Waals surface area (Å²) in [5.74, 6) is -0.980. The molecule has 0 heterocycles. The summed E-state index contributed by atoms with van der Waals surface area (Å²) in [5, 5.41) is 0. The Morgan fingerprint density at radius 1 is 1.37 bits per heavy atom. The lowest BCUT2D eigenvalue weighted by atomic mass is 10.2. The summed E-state index contributed by atoms with van der Waals surface area (Å²) >= 11 is 8.74. The van der Waals surface area contributed by atoms with Crippen LogP contribution in [0, 0.1) is 0 Å². The summed E-state index contributed by atoms with van der Waals surface area (Å²) in [5.41, 5.74) is 0.874. The molecule has 0 fully saturated rings. The average molecular weight is 295 g/mol. The minimum atomic E-state index is -0.558. The molecule has 0 aliphatic carbocycles. The first-order chi connectivity index (χ1) is 9.04. The number of hydrogen-bond acceptors (Lipinski definition) is 4. The molecular weight excluding hydrogens is 282 g/mol. The van der Waals surface area contributed by atoms with Crippen LogP contribution in [-0.2, 0) is 14.3 Å². The fourth-order valence-corrected chi connectivity index (χ4v) is 1.58. The maximum Gasteiger partial charge on any atom is 0.325 e. The zero-order chi connectivity index (χ0) is 14.3. The van der Waals surface area contributed by atoms with E-state index in [2.05, 4.69) is 17.4 Å². The van der Waals surface area contributed by atoms with Crippen LogP contribution in [0.1, 0.15) is 5.56 Å². The first kappa shape index (κ1) is 15.4. The Bertz CT molecular complexity index is 500. The van der Waals surface area contributed by atoms with Crippen LogP contribution in [0.25, 0.3) is 6.08 Å². The number of ether oxygens (including phenoxy) is 1. The van der Waals surface area contributed by atoms with Crippen LogP contribution in [0.3, 0.4) is 0 Å². The van der Waals surface area contributed by atoms with E-state index in [-0.39, 0.29) is 10.9 Å². The molecule has 0 bridgehead atoms. The molecule has 19 heavy (non-hydrogen) atoms. The van der Waals surface area contributed by atoms with Gasteiger partial charge in [0.05, 0.1) is 7.11 Å². The van der Waals surface area contributed by atoms with Crippen molar-refractivity contribution in [3.63, 3.8) is 0 Å². The van der Waals surface area contributed by atoms with Gasteiger partial charge in [-0.25, -0.2) is 0 Å². The number of carbonyl (C=O) groups is 2. The number of carbonyl (C=O) groups excluding carboxylic acids is 2. The maximum absolute atomic E-state index is 11.9. The van der Waals surface area contributed by atoms with Crippen LogP contribution in [0.5, 0.6) is 0 Å². The van der Waals surface area contributed by atoms with Gasteiger partial charge >= 0.3 is 5.97 Å². The molecule has 1 aromatic rings. The molecule has 0 spiro atoms. The number of thiocarbonyl (C=S) groups is 1. The smallest absolute Gasteiger partial charge is 0.325 e. The third-order valence-electron chi connectivity index (χ3n) is 2.23. The molecule has 6 heteroatoms. The van der Waals surface area contributed by atoms with E-state index in [0.29, 0.717) is 0 Å². The summed E-state index contributed by atoms with van der Waals surface area (Å²) in [7, 11) is 1.24. The molecule has 0 atom stereocenters. The third-order valence-corrected chi connectivity index (χ3v) is 2.69. The molecule has 1 aromatic carbocycles. The molecule has 0 radical (unpaired) electrons. The second kappa shape index (κ2) is 7.70. The Morgan fingerprint density at radius 3 is 2.53 bits per heavy atom. The van der Waals surface area contributed by atoms with Gasteiger partial charge in [0.2, 0.25) is 0 Å². The first-order valence-electron chi connectivity index (χ1n) is 5.39. The lowest BCUT2D eigenvalue weighted by Gasteiger charge is -2.17. The lowest BCUT2D eigenvalue weighted by molar-refractivity contribution is -0.143. The van der Waals surface area contributed by atoms with Crippen molar-refractivity contribution >= 4 is 47.1 Å². The maximum atomic E-state index is 11.9. The number of benzene rings is 1. The number of hydrogen-bond donors (Lipinski definition) is 1. The number of thiol groups is 1. The van der Waals surface area contributed by atoms with Crippen molar-refractivity contribution in [1.82, 2.24) is 4.90 Å². The van der Waals surface area contributed by atoms with Gasteiger partial charge in [-0.3, -0.25) is 14.5 Å². The van der Waals surface area contributed by atoms with E-state index in [1.54, 1.807) is 6.08 Å². The standard InChI is InChI=1S/C13H13NO3S2/c1-17-12(16)9-14(13(18)19)11(15)8-7-10-5-3-2-4-6-10/h2-8H,9H2,1H3,(H,18,19)/b8-7+. The first-order valence-corrected chi connectivity index (χ1v) is 6.24. The van der Waals surface area contributed by atoms with Crippen molar-refractivity contribution in [3.05, 3.63) is 42.0 Å². The van der Waals surface area contributed by atoms with Gasteiger partial charge in [0.25, 0.3) is 5.91 Å². The van der Waals surface area contributed by atoms with Gasteiger partial charge in [-0.1, -0.05) is 42.5 Å². The molecule has 0 saturated carbocycles. The van der Waals surface area contributed by atoms with E-state index in [0.717, 1.165) is 10.5 Å². The van der Waals surface area contributed by atoms with Crippen molar-refractivity contribution < 1.29 is 14.3 Å². The molecule has 0 aliphatic heterocycles. The third kappa shape index (κ3) is 5.23. The quantitative estimate of drug-likeness (QED) is 0.399. The molecule has 100 valence electrons. The van der Waals surface area contributed by atoms with Crippen LogP contribution < -0.4 is 0 Å². The number of esters is 1. The monoisotopic (exact) mass is 295 g/mol. The second-order valence-electron chi connectivity index (χ2n) is 3.53. The summed E-state index contributed by atoms with van der Waals surface area (Å²) in [6, 6.07) is 9.31. The Labute approximate surface area is 122 Å². The molecule has 0 unspecified atom stereocenters. The van der Waals surface area contributed by atoms with Crippen LogP contribution >= 0.6 is 24.8 Å². The normalized spacial score (nSPS) is 10.2. The SMILES string of the molecule is COC(=O)CN(C(=O)/C=C/c1ccccc1)C(=S)S. The Morgan fingerprint density at radius 2 is 2.00 bits per heavy atom. The predicted octanol–water partition coefficient (Wildman–Crippen LogP) is 1.92. The highest BCUT2D eigenvalue weighted by Gasteiger charge is 2.17. The van der Waals surface area contributed by atoms with E-state index in [1.807, 2.05) is 30.3 Å². The molecule has 0 aliphatic rings. The van der Waals surface area contributed by atoms with E-state index in [4.69, 9.17) is 12.2 Å². The number of methoxy groups -OCH3 is 1. The summed E-state index contributed by atoms with van der Waals surface area (Å²) in [6.45, 7) is -0.253. The summed E-state index contributed by atoms with van der Waals surface area (Å²) in [6.07, 6.45) is 2.97. The Balaban J connectivity index is 2.75. The van der Waals surface area contributed by atoms with Gasteiger partial charge in [0, 0.05) is 6.08 Å². The van der Waals surface area contributed by atoms with E-state index in [1.165, 1.54) is 13.2 Å². The molecule has 0 saturated heterocycles. The van der Waals surface area contributed by atoms with Gasteiger partial charge in [0.15, 0.2) is 0 Å². The minimum absolute atomic E-state index is 0.0214. The highest BCUT2D eigenvalue weighted by Crippen LogP contribution is 2.04. The van der Waals surface area contributed by atoms with E-state index < -0.39 is 11.9 Å². The highest BCUT2D eigenvalue weighted by atomic mass is 32.1. The molecule has 0 aromatic heterocycles. The Hall–Kier alpha value is -1.66. The van der Waals surface area contributed by atoms with Crippen molar-refractivity contribution in [2.24, 2.45) is 0 Å². The number of rotatable bonds is 4. The fourth-order valence-electron chi connectivity index (χ4n) is 1.26. The zero-order valence-corrected chi connectivity index (χ0v) is 12.0. The lowest BCUT2D eigenvalue weighted by Crippen LogP contribution is -2.36. The minimum Gasteiger partial charge on any atom is -0.468 e. The summed E-state index contributed by atoms with van der Waals surface area (Å²) < 4.78 is 4.51. The van der Waals surface area contributed by atoms with Crippen molar-refractivity contribution in [1.29, 1.82) is 0 Å². The molecule has 0 N–H and O–H groups in total. The van der Waals surface area contributed by atoms with Crippen molar-refractivity contribution in [2.45, 2.75) is 0 Å². The number of nitrogens with zero attached hydrogens (tertiary/aromatic N) is 1. The van der Waals surface area contributed by atoms with Gasteiger partial charge in [-0.05, 0) is 11.6 Å². The Kier molecular flexibility index (Phi) is 6.24. The summed E-state index contributed by atoms with van der Waals surface area (Å²) in [4.78, 5) is 24.1. The molecule has 4 nitrogen and oxygen atoms in total. The largest absolute Gasteiger partial charge is 0.468 e. The van der Waals surface area contributed by atoms with Gasteiger partial charge < -0.3 is 4.74 Å². The predicted molar refractivity (Wildman–Crippen MR) is 80.8 cm³/mol. The van der Waals surface area contributed by atoms with Crippen LogP contribution in [0.15, 0.2) is 36.4 Å². The molecular formula is C13H13NO3S2. The van der Waals surface area contributed by atoms with Crippen LogP contribution in [0.4, 0.5) is 0 Å². The highest BCUT2D eigenvalue weighted by molar-refractivity contribution is 8.11. The van der Waals surface area contributed by atoms with Crippen LogP contribution in [0.2, 0.25) is 0 Å². The van der Waals surface area contributed by atoms with Gasteiger partial charge in [-0.15, -0.1) is 12.6 Å². The fraction of sp³-hybridized carbons (Fsp3) is 0.154. The van der Waals surface area contributed by atoms with Gasteiger partial charge in [0.1, 0.15) is 10.9 Å². The van der Waals surface area contributed by atoms with Crippen LogP contribution in [-0.4, -0.2) is 34.8 Å².